The van der Waals surface area contributed by atoms with Crippen molar-refractivity contribution in [3.63, 3.8) is 0 Å². The van der Waals surface area contributed by atoms with Gasteiger partial charge in [0.1, 0.15) is 23.7 Å². The Bertz CT molecular complexity index is 1390. The lowest BCUT2D eigenvalue weighted by Crippen LogP contribution is -2.56. The highest BCUT2D eigenvalue weighted by Crippen LogP contribution is 2.28. The summed E-state index contributed by atoms with van der Waals surface area (Å²) in [6.45, 7) is 5.55. The van der Waals surface area contributed by atoms with E-state index in [1.165, 1.54) is 6.92 Å². The Morgan fingerprint density at radius 2 is 1.60 bits per heavy atom. The van der Waals surface area contributed by atoms with E-state index in [1.807, 2.05) is 6.92 Å². The molecular formula is C36H51NO8. The molecule has 1 heterocycles. The molecule has 3 N–H and O–H groups in total. The summed E-state index contributed by atoms with van der Waals surface area (Å²) in [5, 5.41) is 29.7. The van der Waals surface area contributed by atoms with Crippen molar-refractivity contribution in [3.8, 4) is 5.75 Å². The predicted molar refractivity (Wildman–Crippen MR) is 172 cm³/mol. The molecule has 45 heavy (non-hydrogen) atoms. The minimum absolute atomic E-state index is 0.00859. The normalized spacial score (nSPS) is 22.6. The first-order valence-electron chi connectivity index (χ1n) is 18.1. The molecular weight excluding hydrogens is 574 g/mol. The second kappa shape index (κ2) is 18.8. The fourth-order valence-corrected chi connectivity index (χ4v) is 5.18. The van der Waals surface area contributed by atoms with Crippen LogP contribution in [0.2, 0.25) is 0 Å². The first-order chi connectivity index (χ1) is 23.3. The summed E-state index contributed by atoms with van der Waals surface area (Å²) < 4.78 is 43.6. The zero-order valence-corrected chi connectivity index (χ0v) is 26.7. The molecule has 0 saturated carbocycles. The number of rotatable bonds is 19. The SMILES string of the molecule is [2H]c1c([2H])c(C(=O)CCCCCCN(CCC(=O)Cc2ccc(OC3OC(CO)C(O)C(O)C3C)cc2)C(=O)CCCC)c([2H])c([2H])c1C. The zero-order chi connectivity index (χ0) is 36.2. The molecule has 248 valence electrons. The van der Waals surface area contributed by atoms with Crippen LogP contribution in [0.3, 0.4) is 0 Å². The third-order valence-electron chi connectivity index (χ3n) is 8.13. The van der Waals surface area contributed by atoms with E-state index in [4.69, 9.17) is 15.0 Å². The van der Waals surface area contributed by atoms with Crippen LogP contribution in [0.1, 0.15) is 98.6 Å². The van der Waals surface area contributed by atoms with E-state index in [1.54, 1.807) is 36.1 Å². The van der Waals surface area contributed by atoms with E-state index in [9.17, 15) is 29.7 Å². The highest BCUT2D eigenvalue weighted by molar-refractivity contribution is 5.96. The summed E-state index contributed by atoms with van der Waals surface area (Å²) in [4.78, 5) is 40.3. The predicted octanol–water partition coefficient (Wildman–Crippen LogP) is 4.80. The molecule has 1 aliphatic rings. The average molecular weight is 630 g/mol. The molecule has 1 amide bonds. The number of unbranched alkanes of at least 4 members (excludes halogenated alkanes) is 4. The van der Waals surface area contributed by atoms with Crippen molar-refractivity contribution in [3.05, 3.63) is 65.1 Å². The van der Waals surface area contributed by atoms with Crippen LogP contribution in [-0.2, 0) is 20.7 Å². The van der Waals surface area contributed by atoms with Crippen molar-refractivity contribution in [2.75, 3.05) is 19.7 Å². The van der Waals surface area contributed by atoms with Crippen molar-refractivity contribution in [2.45, 2.75) is 110 Å². The van der Waals surface area contributed by atoms with Gasteiger partial charge in [-0.1, -0.05) is 75.0 Å². The lowest BCUT2D eigenvalue weighted by atomic mass is 9.92. The number of aliphatic hydroxyl groups excluding tert-OH is 3. The summed E-state index contributed by atoms with van der Waals surface area (Å²) in [7, 11) is 0. The molecule has 0 spiro atoms. The number of ether oxygens (including phenoxy) is 2. The van der Waals surface area contributed by atoms with Crippen LogP contribution in [0.15, 0.2) is 48.4 Å². The third-order valence-corrected chi connectivity index (χ3v) is 8.13. The standard InChI is InChI=1S/C36H51NO8/c1-4-5-11-33(41)37(21-9-7-6-8-10-31(40)28-16-12-25(2)13-17-28)22-20-29(39)23-27-14-18-30(19-15-27)44-36-26(3)34(42)35(43)32(24-38)45-36/h12-19,26,32,34-36,38,42-43H,4-11,20-24H2,1-3H3/i12D,13D,16D,17D. The Hall–Kier alpha value is -3.11. The van der Waals surface area contributed by atoms with Crippen LogP contribution >= 0.6 is 0 Å². The Morgan fingerprint density at radius 3 is 2.27 bits per heavy atom. The van der Waals surface area contributed by atoms with Crippen LogP contribution in [0, 0.1) is 12.8 Å². The number of nitrogens with zero attached hydrogens (tertiary/aromatic N) is 1. The minimum Gasteiger partial charge on any atom is -0.465 e. The lowest BCUT2D eigenvalue weighted by Gasteiger charge is -2.40. The summed E-state index contributed by atoms with van der Waals surface area (Å²) in [6.07, 6.45) is 1.08. The van der Waals surface area contributed by atoms with Gasteiger partial charge in [0.05, 0.1) is 18.2 Å². The van der Waals surface area contributed by atoms with Crippen LogP contribution in [0.5, 0.6) is 5.75 Å². The summed E-state index contributed by atoms with van der Waals surface area (Å²) in [6, 6.07) is 5.92. The fraction of sp³-hybridized carbons (Fsp3) is 0.583. The second-order valence-electron chi connectivity index (χ2n) is 11.9. The van der Waals surface area contributed by atoms with Crippen LogP contribution < -0.4 is 4.74 Å². The van der Waals surface area contributed by atoms with Gasteiger partial charge < -0.3 is 29.7 Å². The molecule has 9 heteroatoms. The van der Waals surface area contributed by atoms with Gasteiger partial charge in [-0.05, 0) is 43.9 Å². The minimum atomic E-state index is -1.21. The molecule has 9 nitrogen and oxygen atoms in total. The maximum Gasteiger partial charge on any atom is 0.222 e. The molecule has 5 atom stereocenters. The van der Waals surface area contributed by atoms with E-state index in [0.717, 1.165) is 24.8 Å². The van der Waals surface area contributed by atoms with E-state index >= 15 is 0 Å². The second-order valence-corrected chi connectivity index (χ2v) is 11.9. The topological polar surface area (TPSA) is 134 Å². The Labute approximate surface area is 273 Å². The van der Waals surface area contributed by atoms with Crippen molar-refractivity contribution >= 4 is 17.5 Å². The summed E-state index contributed by atoms with van der Waals surface area (Å²) in [5.74, 6) is -0.500. The number of hydrogen-bond donors (Lipinski definition) is 3. The van der Waals surface area contributed by atoms with Crippen LogP contribution in [0.25, 0.3) is 0 Å². The van der Waals surface area contributed by atoms with Gasteiger partial charge >= 0.3 is 0 Å². The van der Waals surface area contributed by atoms with Crippen molar-refractivity contribution < 1.29 is 44.7 Å². The first-order valence-corrected chi connectivity index (χ1v) is 16.1. The number of carbonyl (C=O) groups excluding carboxylic acids is 3. The Morgan fingerprint density at radius 1 is 0.911 bits per heavy atom. The van der Waals surface area contributed by atoms with Gasteiger partial charge in [-0.25, -0.2) is 0 Å². The molecule has 0 aromatic heterocycles. The number of hydrogen-bond acceptors (Lipinski definition) is 8. The maximum atomic E-state index is 12.9. The number of carbonyl (C=O) groups is 3. The molecule has 2 aromatic rings. The smallest absolute Gasteiger partial charge is 0.222 e. The highest BCUT2D eigenvalue weighted by Gasteiger charge is 2.43. The van der Waals surface area contributed by atoms with Gasteiger partial charge in [-0.3, -0.25) is 14.4 Å². The van der Waals surface area contributed by atoms with Crippen LogP contribution in [-0.4, -0.2) is 82.0 Å². The molecule has 3 rings (SSSR count). The summed E-state index contributed by atoms with van der Waals surface area (Å²) in [5.41, 5.74) is 0.830. The van der Waals surface area contributed by atoms with E-state index in [0.29, 0.717) is 44.5 Å². The third kappa shape index (κ3) is 11.6. The monoisotopic (exact) mass is 629 g/mol. The largest absolute Gasteiger partial charge is 0.465 e. The fourth-order valence-electron chi connectivity index (χ4n) is 5.18. The Balaban J connectivity index is 1.45. The molecule has 0 radical (unpaired) electrons. The highest BCUT2D eigenvalue weighted by atomic mass is 16.7. The molecule has 1 fully saturated rings. The van der Waals surface area contributed by atoms with E-state index in [-0.39, 0.29) is 66.2 Å². The maximum absolute atomic E-state index is 12.9. The van der Waals surface area contributed by atoms with E-state index in [2.05, 4.69) is 0 Å². The van der Waals surface area contributed by atoms with E-state index < -0.39 is 42.9 Å². The number of aliphatic hydroxyl groups is 3. The average Bonchev–Trinajstić information content (AvgIpc) is 3.09. The number of ketones is 2. The molecule has 1 saturated heterocycles. The number of amides is 1. The Kier molecular flexibility index (Phi) is 12.7. The lowest BCUT2D eigenvalue weighted by molar-refractivity contribution is -0.256. The first kappa shape index (κ1) is 30.5. The van der Waals surface area contributed by atoms with Crippen molar-refractivity contribution in [2.24, 2.45) is 5.92 Å². The van der Waals surface area contributed by atoms with Crippen molar-refractivity contribution in [1.29, 1.82) is 0 Å². The molecule has 0 aliphatic carbocycles. The van der Waals surface area contributed by atoms with Gasteiger partial charge in [-0.15, -0.1) is 0 Å². The molecule has 1 aliphatic heterocycles. The van der Waals surface area contributed by atoms with Gasteiger partial charge in [0.25, 0.3) is 0 Å². The quantitative estimate of drug-likeness (QED) is 0.149. The van der Waals surface area contributed by atoms with Gasteiger partial charge in [0.15, 0.2) is 5.78 Å². The molecule has 2 aromatic carbocycles. The number of Topliss-reactive ketones (excluding diaryl/α,β-unsaturated/α-hetero) is 2. The van der Waals surface area contributed by atoms with Crippen LogP contribution in [0.4, 0.5) is 0 Å². The molecule has 5 unspecified atom stereocenters. The van der Waals surface area contributed by atoms with Gasteiger partial charge in [0, 0.05) is 50.3 Å². The summed E-state index contributed by atoms with van der Waals surface area (Å²) >= 11 is 0. The van der Waals surface area contributed by atoms with Gasteiger partial charge in [0.2, 0.25) is 12.2 Å². The van der Waals surface area contributed by atoms with Gasteiger partial charge in [-0.2, -0.15) is 0 Å². The molecule has 0 bridgehead atoms. The number of benzene rings is 2. The zero-order valence-electron chi connectivity index (χ0n) is 30.7. The van der Waals surface area contributed by atoms with Crippen molar-refractivity contribution in [1.82, 2.24) is 4.90 Å².